The van der Waals surface area contributed by atoms with Gasteiger partial charge in [-0.1, -0.05) is 11.6 Å². The van der Waals surface area contributed by atoms with E-state index < -0.39 is 0 Å². The van der Waals surface area contributed by atoms with Crippen molar-refractivity contribution in [2.75, 3.05) is 36.0 Å². The van der Waals surface area contributed by atoms with Crippen LogP contribution in [0.3, 0.4) is 0 Å². The third-order valence-electron chi connectivity index (χ3n) is 4.45. The van der Waals surface area contributed by atoms with Crippen LogP contribution in [0, 0.1) is 18.3 Å². The first-order valence-electron chi connectivity index (χ1n) is 8.06. The summed E-state index contributed by atoms with van der Waals surface area (Å²) in [4.78, 5) is 15.8. The molecule has 2 aromatic heterocycles. The van der Waals surface area contributed by atoms with E-state index in [1.54, 1.807) is 23.7 Å². The van der Waals surface area contributed by atoms with E-state index in [1.165, 1.54) is 4.88 Å². The predicted molar refractivity (Wildman–Crippen MR) is 103 cm³/mol. The van der Waals surface area contributed by atoms with Gasteiger partial charge >= 0.3 is 0 Å². The molecule has 0 saturated carbocycles. The van der Waals surface area contributed by atoms with E-state index >= 15 is 0 Å². The van der Waals surface area contributed by atoms with Gasteiger partial charge in [-0.05, 0) is 31.2 Å². The van der Waals surface area contributed by atoms with Crippen molar-refractivity contribution in [2.45, 2.75) is 6.92 Å². The largest absolute Gasteiger partial charge is 0.368 e. The summed E-state index contributed by atoms with van der Waals surface area (Å²) in [5.41, 5.74) is 1.57. The van der Waals surface area contributed by atoms with Crippen LogP contribution >= 0.6 is 22.9 Å². The number of anilines is 2. The van der Waals surface area contributed by atoms with Crippen LogP contribution in [0.25, 0.3) is 10.2 Å². The van der Waals surface area contributed by atoms with Crippen molar-refractivity contribution in [3.05, 3.63) is 46.1 Å². The van der Waals surface area contributed by atoms with Gasteiger partial charge in [0.15, 0.2) is 0 Å². The molecule has 7 heteroatoms. The first-order valence-corrected chi connectivity index (χ1v) is 9.26. The van der Waals surface area contributed by atoms with E-state index in [-0.39, 0.29) is 0 Å². The second-order valence-corrected chi connectivity index (χ2v) is 7.67. The van der Waals surface area contributed by atoms with Crippen LogP contribution in [-0.4, -0.2) is 36.1 Å². The van der Waals surface area contributed by atoms with Crippen LogP contribution in [0.4, 0.5) is 11.5 Å². The molecule has 1 aromatic carbocycles. The molecule has 126 valence electrons. The van der Waals surface area contributed by atoms with Gasteiger partial charge in [0.05, 0.1) is 16.0 Å². The van der Waals surface area contributed by atoms with Crippen LogP contribution in [-0.2, 0) is 0 Å². The fourth-order valence-electron chi connectivity index (χ4n) is 3.18. The van der Waals surface area contributed by atoms with Crippen LogP contribution < -0.4 is 9.80 Å². The summed E-state index contributed by atoms with van der Waals surface area (Å²) in [5.74, 6) is 1.02. The zero-order chi connectivity index (χ0) is 17.4. The Kier molecular flexibility index (Phi) is 4.20. The molecule has 0 unspecified atom stereocenters. The quantitative estimate of drug-likeness (QED) is 0.686. The molecule has 0 spiro atoms. The van der Waals surface area contributed by atoms with Gasteiger partial charge in [0, 0.05) is 36.7 Å². The maximum Gasteiger partial charge on any atom is 0.140 e. The summed E-state index contributed by atoms with van der Waals surface area (Å²) >= 11 is 7.87. The number of hydrogen-bond donors (Lipinski definition) is 0. The first-order chi connectivity index (χ1) is 12.2. The molecular formula is C18H16ClN5S. The Morgan fingerprint density at radius 1 is 1.12 bits per heavy atom. The van der Waals surface area contributed by atoms with Crippen molar-refractivity contribution in [3.8, 4) is 6.07 Å². The summed E-state index contributed by atoms with van der Waals surface area (Å²) in [6.07, 6.45) is 1.65. The Balaban J connectivity index is 1.53. The van der Waals surface area contributed by atoms with Crippen molar-refractivity contribution in [1.29, 1.82) is 5.26 Å². The highest BCUT2D eigenvalue weighted by Gasteiger charge is 2.21. The number of rotatable bonds is 2. The molecule has 3 aromatic rings. The van der Waals surface area contributed by atoms with Crippen LogP contribution in [0.5, 0.6) is 0 Å². The highest BCUT2D eigenvalue weighted by atomic mass is 35.5. The van der Waals surface area contributed by atoms with Gasteiger partial charge in [0.25, 0.3) is 0 Å². The molecular weight excluding hydrogens is 354 g/mol. The molecule has 0 bridgehead atoms. The van der Waals surface area contributed by atoms with Crippen molar-refractivity contribution in [1.82, 2.24) is 9.97 Å². The smallest absolute Gasteiger partial charge is 0.140 e. The fourth-order valence-corrected chi connectivity index (χ4v) is 4.24. The molecule has 4 rings (SSSR count). The van der Waals surface area contributed by atoms with E-state index in [9.17, 15) is 0 Å². The van der Waals surface area contributed by atoms with E-state index in [0.29, 0.717) is 10.6 Å². The topological polar surface area (TPSA) is 56.0 Å². The van der Waals surface area contributed by atoms with Crippen molar-refractivity contribution >= 4 is 44.7 Å². The van der Waals surface area contributed by atoms with E-state index in [2.05, 4.69) is 38.8 Å². The van der Waals surface area contributed by atoms with Gasteiger partial charge in [-0.2, -0.15) is 5.26 Å². The molecule has 1 aliphatic heterocycles. The standard InChI is InChI=1S/C18H16ClN5S/c1-12-8-15-17(21-11-22-18(15)25-12)24-6-4-23(5-7-24)14-3-2-13(10-20)16(19)9-14/h2-3,8-9,11H,4-7H2,1H3. The minimum Gasteiger partial charge on any atom is -0.368 e. The molecule has 0 atom stereocenters. The summed E-state index contributed by atoms with van der Waals surface area (Å²) in [6, 6.07) is 9.89. The fraction of sp³-hybridized carbons (Fsp3) is 0.278. The van der Waals surface area contributed by atoms with Gasteiger partial charge in [0.2, 0.25) is 0 Å². The van der Waals surface area contributed by atoms with Gasteiger partial charge in [-0.25, -0.2) is 9.97 Å². The number of fused-ring (bicyclic) bond motifs is 1. The number of piperazine rings is 1. The Bertz CT molecular complexity index is 969. The van der Waals surface area contributed by atoms with Gasteiger partial charge in [-0.15, -0.1) is 11.3 Å². The Morgan fingerprint density at radius 2 is 1.88 bits per heavy atom. The first kappa shape index (κ1) is 16.1. The van der Waals surface area contributed by atoms with Gasteiger partial charge in [-0.3, -0.25) is 0 Å². The summed E-state index contributed by atoms with van der Waals surface area (Å²) in [6.45, 7) is 5.65. The number of nitrogens with zero attached hydrogens (tertiary/aromatic N) is 5. The minimum absolute atomic E-state index is 0.508. The molecule has 1 fully saturated rings. The molecule has 0 N–H and O–H groups in total. The number of aryl methyl sites for hydroxylation is 1. The molecule has 1 aliphatic rings. The summed E-state index contributed by atoms with van der Waals surface area (Å²) in [5, 5.41) is 10.6. The van der Waals surface area contributed by atoms with E-state index in [4.69, 9.17) is 16.9 Å². The minimum atomic E-state index is 0.508. The molecule has 0 amide bonds. The molecule has 0 aliphatic carbocycles. The third kappa shape index (κ3) is 3.01. The van der Waals surface area contributed by atoms with E-state index in [0.717, 1.165) is 47.9 Å². The highest BCUT2D eigenvalue weighted by Crippen LogP contribution is 2.31. The highest BCUT2D eigenvalue weighted by molar-refractivity contribution is 7.18. The average molecular weight is 370 g/mol. The maximum atomic E-state index is 9.00. The lowest BCUT2D eigenvalue weighted by Crippen LogP contribution is -2.46. The SMILES string of the molecule is Cc1cc2c(N3CCN(c4ccc(C#N)c(Cl)c4)CC3)ncnc2s1. The number of thiophene rings is 1. The number of hydrogen-bond acceptors (Lipinski definition) is 6. The van der Waals surface area contributed by atoms with Crippen molar-refractivity contribution < 1.29 is 0 Å². The lowest BCUT2D eigenvalue weighted by atomic mass is 10.2. The number of nitriles is 1. The summed E-state index contributed by atoms with van der Waals surface area (Å²) in [7, 11) is 0. The lowest BCUT2D eigenvalue weighted by Gasteiger charge is -2.37. The molecule has 25 heavy (non-hydrogen) atoms. The third-order valence-corrected chi connectivity index (χ3v) is 5.72. The van der Waals surface area contributed by atoms with Crippen molar-refractivity contribution in [2.24, 2.45) is 0 Å². The van der Waals surface area contributed by atoms with Gasteiger partial charge < -0.3 is 9.80 Å². The Labute approximate surface area is 155 Å². The molecule has 0 radical (unpaired) electrons. The Hall–Kier alpha value is -2.36. The second kappa shape index (κ2) is 6.51. The molecule has 1 saturated heterocycles. The number of benzene rings is 1. The number of halogens is 1. The zero-order valence-corrected chi connectivity index (χ0v) is 15.3. The Morgan fingerprint density at radius 3 is 2.60 bits per heavy atom. The maximum absolute atomic E-state index is 9.00. The second-order valence-electron chi connectivity index (χ2n) is 6.02. The average Bonchev–Trinajstić information content (AvgIpc) is 3.02. The van der Waals surface area contributed by atoms with Crippen LogP contribution in [0.15, 0.2) is 30.6 Å². The van der Waals surface area contributed by atoms with Gasteiger partial charge in [0.1, 0.15) is 23.0 Å². The lowest BCUT2D eigenvalue weighted by molar-refractivity contribution is 0.649. The van der Waals surface area contributed by atoms with E-state index in [1.807, 2.05) is 12.1 Å². The zero-order valence-electron chi connectivity index (χ0n) is 13.7. The summed E-state index contributed by atoms with van der Waals surface area (Å²) < 4.78 is 0. The predicted octanol–water partition coefficient (Wildman–Crippen LogP) is 3.85. The monoisotopic (exact) mass is 369 g/mol. The van der Waals surface area contributed by atoms with Crippen molar-refractivity contribution in [3.63, 3.8) is 0 Å². The van der Waals surface area contributed by atoms with Crippen LogP contribution in [0.1, 0.15) is 10.4 Å². The number of aromatic nitrogens is 2. The molecule has 5 nitrogen and oxygen atoms in total. The van der Waals surface area contributed by atoms with Crippen LogP contribution in [0.2, 0.25) is 5.02 Å². The normalized spacial score (nSPS) is 14.8. The molecule has 3 heterocycles.